The zero-order chi connectivity index (χ0) is 27.1. The van der Waals surface area contributed by atoms with Crippen LogP contribution in [0.5, 0.6) is 11.5 Å². The number of nitrogens with zero attached hydrogens (tertiary/aromatic N) is 2. The van der Waals surface area contributed by atoms with Gasteiger partial charge in [0.15, 0.2) is 23.3 Å². The van der Waals surface area contributed by atoms with E-state index in [1.807, 2.05) is 36.6 Å². The molecule has 1 aliphatic rings. The Morgan fingerprint density at radius 1 is 1.24 bits per heavy atom. The highest BCUT2D eigenvalue weighted by atomic mass is 79.9. The molecule has 0 unspecified atom stereocenters. The van der Waals surface area contributed by atoms with Crippen molar-refractivity contribution < 1.29 is 19.1 Å². The molecule has 0 radical (unpaired) electrons. The lowest BCUT2D eigenvalue weighted by atomic mass is 10.2. The second-order valence-corrected chi connectivity index (χ2v) is 10.6. The molecular formula is C27H21BrN4O4S2. The summed E-state index contributed by atoms with van der Waals surface area (Å²) in [7, 11) is 1.50. The molecule has 0 spiro atoms. The molecule has 0 aliphatic carbocycles. The number of hydrogen-bond acceptors (Lipinski definition) is 8. The van der Waals surface area contributed by atoms with E-state index in [0.29, 0.717) is 37.3 Å². The number of rotatable bonds is 8. The van der Waals surface area contributed by atoms with Crippen molar-refractivity contribution in [3.05, 3.63) is 81.2 Å². The number of nitriles is 1. The molecule has 4 rings (SSSR count). The summed E-state index contributed by atoms with van der Waals surface area (Å²) in [5.74, 6) is 0.207. The number of carbonyl (C=O) groups excluding carboxylic acids is 2. The molecular weight excluding hydrogens is 588 g/mol. The third-order valence-electron chi connectivity index (χ3n) is 5.20. The van der Waals surface area contributed by atoms with Gasteiger partial charge < -0.3 is 20.1 Å². The number of carbonyl (C=O) groups is 2. The third-order valence-corrected chi connectivity index (χ3v) is 7.30. The second-order valence-electron chi connectivity index (χ2n) is 7.85. The number of thioether (sulfide) groups is 2. The first kappa shape index (κ1) is 27.3. The maximum atomic E-state index is 12.5. The van der Waals surface area contributed by atoms with E-state index in [0.717, 1.165) is 27.9 Å². The molecule has 192 valence electrons. The average molecular weight is 610 g/mol. The molecule has 1 aliphatic heterocycles. The van der Waals surface area contributed by atoms with Gasteiger partial charge in [0.25, 0.3) is 11.8 Å². The Balaban J connectivity index is 1.45. The Morgan fingerprint density at radius 2 is 2.00 bits per heavy atom. The zero-order valence-corrected chi connectivity index (χ0v) is 23.5. The number of aryl methyl sites for hydroxylation is 1. The van der Waals surface area contributed by atoms with E-state index in [1.165, 1.54) is 18.9 Å². The molecule has 2 N–H and O–H groups in total. The molecule has 1 heterocycles. The summed E-state index contributed by atoms with van der Waals surface area (Å²) in [6.07, 6.45) is 1.72. The van der Waals surface area contributed by atoms with Crippen LogP contribution in [0.3, 0.4) is 0 Å². The van der Waals surface area contributed by atoms with Gasteiger partial charge in [-0.05, 0) is 106 Å². The molecule has 1 saturated heterocycles. The predicted octanol–water partition coefficient (Wildman–Crippen LogP) is 6.25. The molecule has 0 bridgehead atoms. The first-order valence-electron chi connectivity index (χ1n) is 11.2. The van der Waals surface area contributed by atoms with E-state index in [2.05, 4.69) is 31.6 Å². The Morgan fingerprint density at radius 3 is 2.71 bits per heavy atom. The summed E-state index contributed by atoms with van der Waals surface area (Å²) in [4.78, 5) is 30.7. The van der Waals surface area contributed by atoms with Gasteiger partial charge in [-0.25, -0.2) is 4.99 Å². The number of thiocyanates is 1. The number of methoxy groups -OCH3 is 1. The fraction of sp³-hybridized carbons (Fsp3) is 0.111. The van der Waals surface area contributed by atoms with Crippen molar-refractivity contribution in [1.82, 2.24) is 5.32 Å². The highest BCUT2D eigenvalue weighted by Gasteiger charge is 2.24. The number of hydrogen-bond donors (Lipinski definition) is 2. The minimum absolute atomic E-state index is 0.210. The molecule has 11 heteroatoms. The van der Waals surface area contributed by atoms with E-state index < -0.39 is 0 Å². The van der Waals surface area contributed by atoms with Crippen molar-refractivity contribution in [3.8, 4) is 16.9 Å². The van der Waals surface area contributed by atoms with Crippen molar-refractivity contribution in [2.75, 3.05) is 19.0 Å². The predicted molar refractivity (Wildman–Crippen MR) is 155 cm³/mol. The number of benzene rings is 3. The Hall–Kier alpha value is -3.72. The number of aliphatic imine (C=N–C) groups is 1. The normalized spacial score (nSPS) is 14.7. The molecule has 0 saturated carbocycles. The van der Waals surface area contributed by atoms with E-state index >= 15 is 0 Å². The first-order chi connectivity index (χ1) is 18.4. The van der Waals surface area contributed by atoms with Crippen molar-refractivity contribution >= 4 is 73.9 Å². The first-order valence-corrected chi connectivity index (χ1v) is 13.6. The fourth-order valence-electron chi connectivity index (χ4n) is 3.39. The number of amides is 2. The molecule has 1 fully saturated rings. The molecule has 38 heavy (non-hydrogen) atoms. The Kier molecular flexibility index (Phi) is 9.12. The van der Waals surface area contributed by atoms with Crippen LogP contribution >= 0.6 is 39.5 Å². The van der Waals surface area contributed by atoms with Crippen LogP contribution in [0.15, 0.2) is 79.9 Å². The van der Waals surface area contributed by atoms with Crippen LogP contribution < -0.4 is 20.1 Å². The number of anilines is 1. The summed E-state index contributed by atoms with van der Waals surface area (Å²) in [6.45, 7) is 1.70. The number of halogens is 1. The van der Waals surface area contributed by atoms with Crippen LogP contribution in [-0.2, 0) is 9.59 Å². The Bertz CT molecular complexity index is 1480. The van der Waals surface area contributed by atoms with Crippen LogP contribution in [0.2, 0.25) is 0 Å². The van der Waals surface area contributed by atoms with Gasteiger partial charge in [0, 0.05) is 10.6 Å². The lowest BCUT2D eigenvalue weighted by Gasteiger charge is -2.14. The van der Waals surface area contributed by atoms with Crippen LogP contribution in [0.1, 0.15) is 11.1 Å². The summed E-state index contributed by atoms with van der Waals surface area (Å²) >= 11 is 5.77. The monoisotopic (exact) mass is 608 g/mol. The third kappa shape index (κ3) is 6.98. The maximum absolute atomic E-state index is 12.5. The minimum Gasteiger partial charge on any atom is -0.493 e. The zero-order valence-electron chi connectivity index (χ0n) is 20.3. The van der Waals surface area contributed by atoms with Crippen molar-refractivity contribution in [2.24, 2.45) is 4.99 Å². The molecule has 0 atom stereocenters. The largest absolute Gasteiger partial charge is 0.493 e. The van der Waals surface area contributed by atoms with Crippen molar-refractivity contribution in [1.29, 1.82) is 5.26 Å². The van der Waals surface area contributed by atoms with Gasteiger partial charge in [-0.15, -0.1) is 0 Å². The van der Waals surface area contributed by atoms with Gasteiger partial charge in [-0.2, -0.15) is 5.26 Å². The van der Waals surface area contributed by atoms with Gasteiger partial charge in [0.2, 0.25) is 0 Å². The summed E-state index contributed by atoms with van der Waals surface area (Å²) < 4.78 is 11.8. The summed E-state index contributed by atoms with van der Waals surface area (Å²) in [6, 6.07) is 18.1. The van der Waals surface area contributed by atoms with E-state index in [-0.39, 0.29) is 18.4 Å². The van der Waals surface area contributed by atoms with Crippen LogP contribution in [0.4, 0.5) is 11.4 Å². The molecule has 3 aromatic rings. The number of para-hydroxylation sites is 1. The number of ether oxygens (including phenoxy) is 2. The summed E-state index contributed by atoms with van der Waals surface area (Å²) in [5.41, 5.74) is 3.03. The highest BCUT2D eigenvalue weighted by Crippen LogP contribution is 2.38. The van der Waals surface area contributed by atoms with Crippen LogP contribution in [0, 0.1) is 17.6 Å². The van der Waals surface area contributed by atoms with Gasteiger partial charge in [0.05, 0.1) is 22.2 Å². The molecule has 2 amide bonds. The highest BCUT2D eigenvalue weighted by molar-refractivity contribution is 9.10. The summed E-state index contributed by atoms with van der Waals surface area (Å²) in [5, 5.41) is 16.8. The quantitative estimate of drug-likeness (QED) is 0.176. The van der Waals surface area contributed by atoms with E-state index in [4.69, 9.17) is 14.7 Å². The average Bonchev–Trinajstić information content (AvgIpc) is 3.23. The van der Waals surface area contributed by atoms with Gasteiger partial charge in [0.1, 0.15) is 5.40 Å². The molecule has 8 nitrogen and oxygen atoms in total. The number of nitrogens with one attached hydrogen (secondary N) is 2. The van der Waals surface area contributed by atoms with Crippen LogP contribution in [0.25, 0.3) is 6.08 Å². The van der Waals surface area contributed by atoms with Crippen molar-refractivity contribution in [3.63, 3.8) is 0 Å². The second kappa shape index (κ2) is 12.7. The standard InChI is InChI=1S/C27H21BrN4O4S2/c1-16-5-3-4-6-21(16)31-24(33)14-36-25-20(28)11-17(12-22(25)35-2)13-23-26(34)32-27(38-23)30-18-7-9-19(10-8-18)37-15-29/h3-13H,14H2,1-2H3,(H,31,33)(H,30,32,34). The maximum Gasteiger partial charge on any atom is 0.264 e. The topological polar surface area (TPSA) is 113 Å². The van der Waals surface area contributed by atoms with Crippen LogP contribution in [-0.4, -0.2) is 30.7 Å². The van der Waals surface area contributed by atoms with Gasteiger partial charge in [-0.3, -0.25) is 9.59 Å². The Labute approximate surface area is 236 Å². The fourth-order valence-corrected chi connectivity index (χ4v) is 5.18. The molecule has 3 aromatic carbocycles. The lowest BCUT2D eigenvalue weighted by molar-refractivity contribution is -0.118. The number of amidine groups is 1. The lowest BCUT2D eigenvalue weighted by Crippen LogP contribution is -2.21. The van der Waals surface area contributed by atoms with E-state index in [9.17, 15) is 9.59 Å². The van der Waals surface area contributed by atoms with Gasteiger partial charge in [-0.1, -0.05) is 18.2 Å². The van der Waals surface area contributed by atoms with Crippen molar-refractivity contribution in [2.45, 2.75) is 11.8 Å². The SMILES string of the molecule is COc1cc(C=C2SC(=Nc3ccc(SC#N)cc3)NC2=O)cc(Br)c1OCC(=O)Nc1ccccc1C. The van der Waals surface area contributed by atoms with Gasteiger partial charge >= 0.3 is 0 Å². The van der Waals surface area contributed by atoms with E-state index in [1.54, 1.807) is 42.5 Å². The minimum atomic E-state index is -0.302. The molecule has 0 aromatic heterocycles. The smallest absolute Gasteiger partial charge is 0.264 e.